The molecule has 190 valence electrons. The van der Waals surface area contributed by atoms with Gasteiger partial charge in [-0.1, -0.05) is 12.1 Å². The molecule has 1 saturated heterocycles. The zero-order valence-electron chi connectivity index (χ0n) is 20.3. The number of anilines is 2. The molecule has 3 aromatic rings. The normalized spacial score (nSPS) is 13.4. The number of carbonyl (C=O) groups excluding carboxylic acids is 1. The number of carboxylic acids is 1. The lowest BCUT2D eigenvalue weighted by atomic mass is 10.1. The number of carbonyl (C=O) groups is 2. The minimum atomic E-state index is -1.08. The zero-order chi connectivity index (χ0) is 25.5. The first-order valence-corrected chi connectivity index (χ1v) is 11.6. The molecule has 1 amide bonds. The molecule has 0 aliphatic carbocycles. The molecular weight excluding hydrogens is 466 g/mol. The van der Waals surface area contributed by atoms with Crippen LogP contribution < -0.4 is 14.8 Å². The molecule has 2 heterocycles. The Labute approximate surface area is 208 Å². The van der Waals surface area contributed by atoms with Crippen LogP contribution in [0, 0.1) is 0 Å². The average molecular weight is 496 g/mol. The molecule has 10 nitrogen and oxygen atoms in total. The average Bonchev–Trinajstić information content (AvgIpc) is 2.91. The number of hydrogen-bond donors (Lipinski definition) is 2. The maximum absolute atomic E-state index is 13.5. The van der Waals surface area contributed by atoms with Gasteiger partial charge in [-0.25, -0.2) is 4.79 Å². The lowest BCUT2D eigenvalue weighted by Crippen LogP contribution is -2.41. The third-order valence-electron chi connectivity index (χ3n) is 5.85. The van der Waals surface area contributed by atoms with Crippen molar-refractivity contribution in [1.29, 1.82) is 0 Å². The summed E-state index contributed by atoms with van der Waals surface area (Å²) < 4.78 is 21.9. The molecule has 1 aliphatic heterocycles. The van der Waals surface area contributed by atoms with E-state index in [0.717, 1.165) is 0 Å². The number of ether oxygens (including phenoxy) is 4. The van der Waals surface area contributed by atoms with Gasteiger partial charge in [0.15, 0.2) is 11.5 Å². The Morgan fingerprint density at radius 3 is 2.58 bits per heavy atom. The van der Waals surface area contributed by atoms with Gasteiger partial charge in [-0.3, -0.25) is 9.78 Å². The quantitative estimate of drug-likeness (QED) is 0.407. The fourth-order valence-corrected chi connectivity index (χ4v) is 4.00. The summed E-state index contributed by atoms with van der Waals surface area (Å²) in [6.07, 6.45) is 2.21. The zero-order valence-corrected chi connectivity index (χ0v) is 20.3. The Bertz CT molecular complexity index is 1240. The van der Waals surface area contributed by atoms with Crippen LogP contribution in [-0.2, 0) is 9.47 Å². The Hall–Kier alpha value is -3.89. The molecule has 1 aromatic heterocycles. The summed E-state index contributed by atoms with van der Waals surface area (Å²) in [6, 6.07) is 10.0. The summed E-state index contributed by atoms with van der Waals surface area (Å²) in [4.78, 5) is 31.6. The summed E-state index contributed by atoms with van der Waals surface area (Å²) in [7, 11) is 3.17. The molecule has 0 bridgehead atoms. The van der Waals surface area contributed by atoms with E-state index in [0.29, 0.717) is 85.3 Å². The van der Waals surface area contributed by atoms with E-state index in [2.05, 4.69) is 10.3 Å². The number of pyridine rings is 1. The number of hydrogen-bond acceptors (Lipinski definition) is 8. The molecule has 1 fully saturated rings. The van der Waals surface area contributed by atoms with Crippen LogP contribution in [0.5, 0.6) is 11.5 Å². The molecule has 1 aliphatic rings. The number of morpholine rings is 1. The Kier molecular flexibility index (Phi) is 8.19. The second-order valence-electron chi connectivity index (χ2n) is 8.14. The summed E-state index contributed by atoms with van der Waals surface area (Å²) in [6.45, 7) is 2.82. The van der Waals surface area contributed by atoms with Gasteiger partial charge in [0.25, 0.3) is 5.91 Å². The largest absolute Gasteiger partial charge is 0.493 e. The lowest BCUT2D eigenvalue weighted by Gasteiger charge is -2.28. The van der Waals surface area contributed by atoms with Crippen LogP contribution in [0.15, 0.2) is 42.6 Å². The molecule has 0 unspecified atom stereocenters. The predicted octanol–water partition coefficient (Wildman–Crippen LogP) is 3.57. The number of aromatic carboxylic acids is 1. The van der Waals surface area contributed by atoms with E-state index in [4.69, 9.17) is 18.9 Å². The standard InChI is InChI=1S/C26H29N3O7/c1-33-10-5-11-36-23-15-21-18(14-22(23)34-2)24(28-20-7-4-3-6-17(20)26(31)32)19(16-27-21)25(30)29-8-12-35-13-9-29/h3-4,6-7,14-16H,5,8-13H2,1-2H3,(H,27,28)(H,31,32). The van der Waals surface area contributed by atoms with Crippen LogP contribution in [0.3, 0.4) is 0 Å². The van der Waals surface area contributed by atoms with E-state index in [-0.39, 0.29) is 11.5 Å². The van der Waals surface area contributed by atoms with E-state index in [1.165, 1.54) is 19.4 Å². The van der Waals surface area contributed by atoms with Crippen molar-refractivity contribution in [2.45, 2.75) is 6.42 Å². The molecule has 0 radical (unpaired) electrons. The third-order valence-corrected chi connectivity index (χ3v) is 5.85. The number of fused-ring (bicyclic) bond motifs is 1. The molecule has 2 aromatic carbocycles. The fourth-order valence-electron chi connectivity index (χ4n) is 4.00. The second kappa shape index (κ2) is 11.7. The maximum atomic E-state index is 13.5. The van der Waals surface area contributed by atoms with Gasteiger partial charge < -0.3 is 34.3 Å². The van der Waals surface area contributed by atoms with E-state index in [1.807, 2.05) is 0 Å². The number of nitrogens with one attached hydrogen (secondary N) is 1. The van der Waals surface area contributed by atoms with Crippen molar-refractivity contribution in [3.63, 3.8) is 0 Å². The number of benzene rings is 2. The van der Waals surface area contributed by atoms with Crippen molar-refractivity contribution in [1.82, 2.24) is 9.88 Å². The van der Waals surface area contributed by atoms with Crippen LogP contribution in [-0.4, -0.2) is 80.6 Å². The van der Waals surface area contributed by atoms with E-state index < -0.39 is 5.97 Å². The Morgan fingerprint density at radius 2 is 1.86 bits per heavy atom. The van der Waals surface area contributed by atoms with Gasteiger partial charge >= 0.3 is 5.97 Å². The number of rotatable bonds is 10. The van der Waals surface area contributed by atoms with Gasteiger partial charge in [0.05, 0.1) is 54.9 Å². The van der Waals surface area contributed by atoms with Crippen molar-refractivity contribution in [2.75, 3.05) is 59.1 Å². The highest BCUT2D eigenvalue weighted by atomic mass is 16.5. The third kappa shape index (κ3) is 5.50. The van der Waals surface area contributed by atoms with Crippen LogP contribution in [0.25, 0.3) is 10.9 Å². The topological polar surface area (TPSA) is 119 Å². The monoisotopic (exact) mass is 495 g/mol. The van der Waals surface area contributed by atoms with E-state index >= 15 is 0 Å². The highest BCUT2D eigenvalue weighted by Gasteiger charge is 2.25. The van der Waals surface area contributed by atoms with Crippen molar-refractivity contribution < 1.29 is 33.6 Å². The number of aromatic nitrogens is 1. The molecule has 2 N–H and O–H groups in total. The number of amides is 1. The Balaban J connectivity index is 1.82. The van der Waals surface area contributed by atoms with Crippen molar-refractivity contribution in [2.24, 2.45) is 0 Å². The van der Waals surface area contributed by atoms with E-state index in [1.54, 1.807) is 42.3 Å². The first kappa shape index (κ1) is 25.2. The molecular formula is C26H29N3O7. The second-order valence-corrected chi connectivity index (χ2v) is 8.14. The van der Waals surface area contributed by atoms with Gasteiger partial charge in [-0.2, -0.15) is 0 Å². The van der Waals surface area contributed by atoms with Gasteiger partial charge in [-0.05, 0) is 18.2 Å². The number of carboxylic acid groups (broad SMARTS) is 1. The van der Waals surface area contributed by atoms with Gasteiger partial charge in [0, 0.05) is 50.9 Å². The fraction of sp³-hybridized carbons (Fsp3) is 0.346. The van der Waals surface area contributed by atoms with E-state index in [9.17, 15) is 14.7 Å². The van der Waals surface area contributed by atoms with Crippen LogP contribution in [0.1, 0.15) is 27.1 Å². The molecule has 36 heavy (non-hydrogen) atoms. The first-order valence-electron chi connectivity index (χ1n) is 11.6. The summed E-state index contributed by atoms with van der Waals surface area (Å²) >= 11 is 0. The minimum absolute atomic E-state index is 0.0808. The maximum Gasteiger partial charge on any atom is 0.337 e. The number of para-hydroxylation sites is 1. The molecule has 0 atom stereocenters. The van der Waals surface area contributed by atoms with Crippen molar-refractivity contribution in [3.8, 4) is 11.5 Å². The first-order chi connectivity index (χ1) is 17.5. The summed E-state index contributed by atoms with van der Waals surface area (Å²) in [5, 5.41) is 13.5. The van der Waals surface area contributed by atoms with Gasteiger partial charge in [-0.15, -0.1) is 0 Å². The molecule has 10 heteroatoms. The van der Waals surface area contributed by atoms with Gasteiger partial charge in [0.1, 0.15) is 0 Å². The minimum Gasteiger partial charge on any atom is -0.493 e. The molecule has 0 saturated carbocycles. The SMILES string of the molecule is COCCCOc1cc2ncc(C(=O)N3CCOCC3)c(Nc3ccccc3C(=O)O)c2cc1OC. The number of methoxy groups -OCH3 is 2. The van der Waals surface area contributed by atoms with Crippen LogP contribution in [0.2, 0.25) is 0 Å². The Morgan fingerprint density at radius 1 is 1.08 bits per heavy atom. The van der Waals surface area contributed by atoms with Crippen molar-refractivity contribution >= 4 is 34.2 Å². The highest BCUT2D eigenvalue weighted by Crippen LogP contribution is 2.38. The molecule has 0 spiro atoms. The highest BCUT2D eigenvalue weighted by molar-refractivity contribution is 6.09. The summed E-state index contributed by atoms with van der Waals surface area (Å²) in [5.74, 6) is -0.325. The predicted molar refractivity (Wildman–Crippen MR) is 134 cm³/mol. The van der Waals surface area contributed by atoms with Crippen molar-refractivity contribution in [3.05, 3.63) is 53.7 Å². The molecule has 4 rings (SSSR count). The smallest absolute Gasteiger partial charge is 0.337 e. The summed E-state index contributed by atoms with van der Waals surface area (Å²) in [5.41, 5.74) is 1.76. The van der Waals surface area contributed by atoms with Crippen LogP contribution in [0.4, 0.5) is 11.4 Å². The lowest BCUT2D eigenvalue weighted by molar-refractivity contribution is 0.0303. The van der Waals surface area contributed by atoms with Crippen LogP contribution >= 0.6 is 0 Å². The van der Waals surface area contributed by atoms with Gasteiger partial charge in [0.2, 0.25) is 0 Å². The number of nitrogens with zero attached hydrogens (tertiary/aromatic N) is 2.